The highest BCUT2D eigenvalue weighted by Crippen LogP contribution is 2.16. The molecule has 1 aromatic heterocycles. The second-order valence-corrected chi connectivity index (χ2v) is 5.11. The molecular weight excluding hydrogens is 212 g/mol. The minimum absolute atomic E-state index is 0.0907. The lowest BCUT2D eigenvalue weighted by molar-refractivity contribution is 0.000991. The van der Waals surface area contributed by atoms with Crippen molar-refractivity contribution in [3.05, 3.63) is 16.1 Å². The fourth-order valence-electron chi connectivity index (χ4n) is 1.11. The molecular formula is C10H18N2O2S. The summed E-state index contributed by atoms with van der Waals surface area (Å²) in [5.41, 5.74) is -0.0921. The monoisotopic (exact) mass is 230 g/mol. The van der Waals surface area contributed by atoms with Gasteiger partial charge in [0.25, 0.3) is 0 Å². The van der Waals surface area contributed by atoms with Crippen LogP contribution in [0, 0.1) is 6.92 Å². The van der Waals surface area contributed by atoms with Crippen LogP contribution >= 0.6 is 11.3 Å². The summed E-state index contributed by atoms with van der Waals surface area (Å²) in [5, 5.41) is 24.6. The van der Waals surface area contributed by atoms with Gasteiger partial charge in [0.15, 0.2) is 0 Å². The molecule has 0 aliphatic rings. The molecule has 0 saturated carbocycles. The Labute approximate surface area is 94.0 Å². The van der Waals surface area contributed by atoms with E-state index in [1.807, 2.05) is 19.2 Å². The molecule has 1 aromatic rings. The lowest BCUT2D eigenvalue weighted by Gasteiger charge is -2.23. The highest BCUT2D eigenvalue weighted by atomic mass is 32.1. The Morgan fingerprint density at radius 2 is 2.33 bits per heavy atom. The topological polar surface area (TPSA) is 65.4 Å². The molecule has 1 heterocycles. The highest BCUT2D eigenvalue weighted by Gasteiger charge is 2.20. The normalized spacial score (nSPS) is 17.4. The van der Waals surface area contributed by atoms with E-state index in [0.29, 0.717) is 6.54 Å². The third-order valence-corrected chi connectivity index (χ3v) is 3.00. The van der Waals surface area contributed by atoms with Crippen LogP contribution in [0.5, 0.6) is 0 Å². The van der Waals surface area contributed by atoms with Crippen molar-refractivity contribution in [3.63, 3.8) is 0 Å². The molecule has 0 bridgehead atoms. The van der Waals surface area contributed by atoms with Gasteiger partial charge in [0, 0.05) is 18.0 Å². The van der Waals surface area contributed by atoms with Gasteiger partial charge in [-0.05, 0) is 20.8 Å². The smallest absolute Gasteiger partial charge is 0.0973 e. The lowest BCUT2D eigenvalue weighted by atomic mass is 10.1. The Kier molecular flexibility index (Phi) is 4.21. The van der Waals surface area contributed by atoms with Gasteiger partial charge in [-0.15, -0.1) is 11.3 Å². The zero-order valence-corrected chi connectivity index (χ0v) is 10.1. The van der Waals surface area contributed by atoms with E-state index < -0.39 is 5.60 Å². The fourth-order valence-corrected chi connectivity index (χ4v) is 1.82. The zero-order valence-electron chi connectivity index (χ0n) is 9.32. The number of aromatic nitrogens is 1. The van der Waals surface area contributed by atoms with E-state index in [-0.39, 0.29) is 12.6 Å². The van der Waals surface area contributed by atoms with Crippen LogP contribution in [0.1, 0.15) is 30.6 Å². The van der Waals surface area contributed by atoms with E-state index in [4.69, 9.17) is 5.11 Å². The molecule has 0 radical (unpaired) electrons. The number of hydrogen-bond acceptors (Lipinski definition) is 5. The van der Waals surface area contributed by atoms with Crippen LogP contribution in [-0.4, -0.2) is 33.9 Å². The summed E-state index contributed by atoms with van der Waals surface area (Å²) >= 11 is 1.61. The third-order valence-electron chi connectivity index (χ3n) is 2.21. The lowest BCUT2D eigenvalue weighted by Crippen LogP contribution is -2.41. The fraction of sp³-hybridized carbons (Fsp3) is 0.700. The van der Waals surface area contributed by atoms with Crippen LogP contribution in [0.3, 0.4) is 0 Å². The molecule has 4 nitrogen and oxygen atoms in total. The maximum Gasteiger partial charge on any atom is 0.0973 e. The molecule has 15 heavy (non-hydrogen) atoms. The summed E-state index contributed by atoms with van der Waals surface area (Å²) in [6.45, 7) is 5.65. The van der Waals surface area contributed by atoms with Gasteiger partial charge >= 0.3 is 0 Å². The molecule has 5 heteroatoms. The summed E-state index contributed by atoms with van der Waals surface area (Å²) in [5.74, 6) is 0. The molecule has 0 fully saturated rings. The minimum Gasteiger partial charge on any atom is -0.393 e. The zero-order chi connectivity index (χ0) is 11.5. The molecule has 0 saturated heterocycles. The number of rotatable bonds is 5. The van der Waals surface area contributed by atoms with Gasteiger partial charge in [-0.1, -0.05) is 0 Å². The molecule has 1 rings (SSSR count). The molecule has 0 amide bonds. The van der Waals surface area contributed by atoms with E-state index in [2.05, 4.69) is 10.3 Å². The first-order chi connectivity index (χ1) is 6.94. The summed E-state index contributed by atoms with van der Waals surface area (Å²) in [4.78, 5) is 4.35. The van der Waals surface area contributed by atoms with E-state index in [1.54, 1.807) is 18.3 Å². The maximum atomic E-state index is 9.59. The molecule has 0 aromatic carbocycles. The van der Waals surface area contributed by atoms with Gasteiger partial charge in [-0.2, -0.15) is 0 Å². The molecule has 0 aliphatic heterocycles. The quantitative estimate of drug-likeness (QED) is 0.701. The van der Waals surface area contributed by atoms with E-state index in [1.165, 1.54) is 0 Å². The second kappa shape index (κ2) is 5.03. The van der Waals surface area contributed by atoms with Crippen LogP contribution in [0.15, 0.2) is 5.38 Å². The summed E-state index contributed by atoms with van der Waals surface area (Å²) in [6.07, 6.45) is 0. The SMILES string of the molecule is Cc1nc(C(C)NCC(C)(O)CO)cs1. The van der Waals surface area contributed by atoms with Crippen molar-refractivity contribution in [1.29, 1.82) is 0 Å². The molecule has 2 atom stereocenters. The summed E-state index contributed by atoms with van der Waals surface area (Å²) in [7, 11) is 0. The number of aliphatic hydroxyl groups excluding tert-OH is 1. The first-order valence-electron chi connectivity index (χ1n) is 4.93. The predicted molar refractivity (Wildman–Crippen MR) is 61.0 cm³/mol. The minimum atomic E-state index is -1.07. The maximum absolute atomic E-state index is 9.59. The van der Waals surface area contributed by atoms with Gasteiger partial charge in [-0.3, -0.25) is 0 Å². The average Bonchev–Trinajstić information content (AvgIpc) is 2.61. The largest absolute Gasteiger partial charge is 0.393 e. The van der Waals surface area contributed by atoms with Crippen molar-refractivity contribution >= 4 is 11.3 Å². The Morgan fingerprint density at radius 1 is 1.67 bits per heavy atom. The number of nitrogens with one attached hydrogen (secondary N) is 1. The third kappa shape index (κ3) is 3.87. The van der Waals surface area contributed by atoms with Crippen LogP contribution in [0.4, 0.5) is 0 Å². The van der Waals surface area contributed by atoms with Gasteiger partial charge in [0.1, 0.15) is 0 Å². The highest BCUT2D eigenvalue weighted by molar-refractivity contribution is 7.09. The number of hydrogen-bond donors (Lipinski definition) is 3. The molecule has 0 aliphatic carbocycles. The first kappa shape index (κ1) is 12.6. The standard InChI is InChI=1S/C10H18N2O2S/c1-7(9-4-15-8(2)12-9)11-5-10(3,14)6-13/h4,7,11,13-14H,5-6H2,1-3H3. The van der Waals surface area contributed by atoms with Crippen LogP contribution in [-0.2, 0) is 0 Å². The Bertz CT molecular complexity index is 312. The molecule has 3 N–H and O–H groups in total. The van der Waals surface area contributed by atoms with Crippen LogP contribution in [0.2, 0.25) is 0 Å². The second-order valence-electron chi connectivity index (χ2n) is 4.05. The molecule has 2 unspecified atom stereocenters. The average molecular weight is 230 g/mol. The van der Waals surface area contributed by atoms with Crippen molar-refractivity contribution in [2.45, 2.75) is 32.4 Å². The van der Waals surface area contributed by atoms with Gasteiger partial charge in [-0.25, -0.2) is 4.98 Å². The number of aliphatic hydroxyl groups is 2. The van der Waals surface area contributed by atoms with Crippen molar-refractivity contribution in [3.8, 4) is 0 Å². The van der Waals surface area contributed by atoms with Crippen molar-refractivity contribution in [2.75, 3.05) is 13.2 Å². The molecule has 0 spiro atoms. The summed E-state index contributed by atoms with van der Waals surface area (Å²) < 4.78 is 0. The molecule has 86 valence electrons. The number of aryl methyl sites for hydroxylation is 1. The van der Waals surface area contributed by atoms with Gasteiger partial charge in [0.2, 0.25) is 0 Å². The van der Waals surface area contributed by atoms with Gasteiger partial charge in [0.05, 0.1) is 22.9 Å². The van der Waals surface area contributed by atoms with E-state index in [0.717, 1.165) is 10.7 Å². The Morgan fingerprint density at radius 3 is 2.80 bits per heavy atom. The van der Waals surface area contributed by atoms with Crippen molar-refractivity contribution in [2.24, 2.45) is 0 Å². The van der Waals surface area contributed by atoms with Gasteiger partial charge < -0.3 is 15.5 Å². The van der Waals surface area contributed by atoms with E-state index in [9.17, 15) is 5.11 Å². The van der Waals surface area contributed by atoms with Crippen molar-refractivity contribution < 1.29 is 10.2 Å². The van der Waals surface area contributed by atoms with Crippen LogP contribution < -0.4 is 5.32 Å². The predicted octanol–water partition coefficient (Wildman–Crippen LogP) is 0.845. The number of nitrogens with zero attached hydrogens (tertiary/aromatic N) is 1. The van der Waals surface area contributed by atoms with E-state index >= 15 is 0 Å². The Balaban J connectivity index is 2.46. The first-order valence-corrected chi connectivity index (χ1v) is 5.81. The summed E-state index contributed by atoms with van der Waals surface area (Å²) in [6, 6.07) is 0.0907. The van der Waals surface area contributed by atoms with Crippen molar-refractivity contribution in [1.82, 2.24) is 10.3 Å². The number of thiazole rings is 1. The van der Waals surface area contributed by atoms with Crippen LogP contribution in [0.25, 0.3) is 0 Å². The Hall–Kier alpha value is -0.490.